The predicted molar refractivity (Wildman–Crippen MR) is 98.4 cm³/mol. The molecular formula is C19H37NO6. The lowest BCUT2D eigenvalue weighted by Crippen LogP contribution is -2.64. The van der Waals surface area contributed by atoms with Gasteiger partial charge >= 0.3 is 0 Å². The Labute approximate surface area is 157 Å². The molecule has 1 unspecified atom stereocenters. The molecule has 1 saturated heterocycles. The molecule has 4 N–H and O–H groups in total. The zero-order chi connectivity index (χ0) is 19.5. The van der Waals surface area contributed by atoms with Gasteiger partial charge in [-0.15, -0.1) is 0 Å². The maximum absolute atomic E-state index is 12.3. The van der Waals surface area contributed by atoms with Crippen molar-refractivity contribution in [1.82, 2.24) is 4.90 Å². The second kappa shape index (κ2) is 12.6. The van der Waals surface area contributed by atoms with Crippen molar-refractivity contribution < 1.29 is 30.0 Å². The summed E-state index contributed by atoms with van der Waals surface area (Å²) in [6.07, 6.45) is 5.55. The lowest BCUT2D eigenvalue weighted by Gasteiger charge is -2.43. The van der Waals surface area contributed by atoms with E-state index in [4.69, 9.17) is 9.84 Å². The summed E-state index contributed by atoms with van der Waals surface area (Å²) in [6, 6.07) is -1.04. The fourth-order valence-corrected chi connectivity index (χ4v) is 3.43. The molecule has 5 atom stereocenters. The molecule has 7 nitrogen and oxygen atoms in total. The fourth-order valence-electron chi connectivity index (χ4n) is 3.43. The molecule has 1 amide bonds. The Morgan fingerprint density at radius 3 is 2.00 bits per heavy atom. The number of likely N-dealkylation sites (N-methyl/N-ethyl adjacent to an activating group) is 1. The summed E-state index contributed by atoms with van der Waals surface area (Å²) >= 11 is 0. The van der Waals surface area contributed by atoms with Gasteiger partial charge in [0.25, 0.3) is 0 Å². The second-order valence-electron chi connectivity index (χ2n) is 7.30. The van der Waals surface area contributed by atoms with Crippen LogP contribution in [0.3, 0.4) is 0 Å². The van der Waals surface area contributed by atoms with Crippen molar-refractivity contribution >= 4 is 5.91 Å². The number of carbonyl (C=O) groups excluding carboxylic acids is 1. The molecule has 0 aliphatic carbocycles. The third kappa shape index (κ3) is 7.12. The van der Waals surface area contributed by atoms with E-state index in [1.165, 1.54) is 50.5 Å². The molecule has 0 aromatic rings. The van der Waals surface area contributed by atoms with Crippen molar-refractivity contribution in [2.24, 2.45) is 0 Å². The van der Waals surface area contributed by atoms with Gasteiger partial charge in [-0.05, 0) is 6.42 Å². The molecule has 0 radical (unpaired) electrons. The summed E-state index contributed by atoms with van der Waals surface area (Å²) < 4.78 is 5.10. The van der Waals surface area contributed by atoms with E-state index < -0.39 is 37.3 Å². The molecule has 26 heavy (non-hydrogen) atoms. The van der Waals surface area contributed by atoms with Crippen LogP contribution in [0.4, 0.5) is 0 Å². The molecule has 154 valence electrons. The van der Waals surface area contributed by atoms with Gasteiger partial charge in [-0.25, -0.2) is 0 Å². The summed E-state index contributed by atoms with van der Waals surface area (Å²) in [5.41, 5.74) is 0. The van der Waals surface area contributed by atoms with Gasteiger partial charge in [0.1, 0.15) is 24.4 Å². The van der Waals surface area contributed by atoms with Gasteiger partial charge in [0.2, 0.25) is 5.91 Å². The highest BCUT2D eigenvalue weighted by Crippen LogP contribution is 2.24. The van der Waals surface area contributed by atoms with Crippen molar-refractivity contribution in [2.45, 2.75) is 102 Å². The number of hydrogen-bond acceptors (Lipinski definition) is 6. The van der Waals surface area contributed by atoms with Gasteiger partial charge in [0, 0.05) is 13.5 Å². The maximum atomic E-state index is 12.3. The average Bonchev–Trinajstić information content (AvgIpc) is 2.63. The minimum atomic E-state index is -1.44. The smallest absolute Gasteiger partial charge is 0.222 e. The monoisotopic (exact) mass is 375 g/mol. The van der Waals surface area contributed by atoms with Crippen molar-refractivity contribution in [3.63, 3.8) is 0 Å². The predicted octanol–water partition coefficient (Wildman–Crippen LogP) is 1.17. The highest BCUT2D eigenvalue weighted by Gasteiger charge is 2.46. The molecule has 1 heterocycles. The number of ether oxygens (including phenoxy) is 1. The lowest BCUT2D eigenvalue weighted by molar-refractivity contribution is -0.268. The fraction of sp³-hybridized carbons (Fsp3) is 0.947. The molecule has 1 aliphatic rings. The first-order chi connectivity index (χ1) is 12.4. The van der Waals surface area contributed by atoms with E-state index in [2.05, 4.69) is 6.92 Å². The van der Waals surface area contributed by atoms with E-state index >= 15 is 0 Å². The Kier molecular flexibility index (Phi) is 11.3. The van der Waals surface area contributed by atoms with Crippen LogP contribution in [0.15, 0.2) is 0 Å². The van der Waals surface area contributed by atoms with Crippen LogP contribution in [-0.2, 0) is 9.53 Å². The van der Waals surface area contributed by atoms with E-state index in [-0.39, 0.29) is 5.91 Å². The van der Waals surface area contributed by atoms with Gasteiger partial charge in [-0.1, -0.05) is 58.3 Å². The number of hydrogen-bond donors (Lipinski definition) is 4. The Balaban J connectivity index is 2.27. The van der Waals surface area contributed by atoms with Crippen LogP contribution in [0.5, 0.6) is 0 Å². The molecule has 0 aromatic carbocycles. The third-order valence-corrected chi connectivity index (χ3v) is 5.20. The van der Waals surface area contributed by atoms with Crippen molar-refractivity contribution in [1.29, 1.82) is 0 Å². The lowest BCUT2D eigenvalue weighted by atomic mass is 9.95. The number of aliphatic hydroxyl groups excluding tert-OH is 4. The summed E-state index contributed by atoms with van der Waals surface area (Å²) in [7, 11) is 1.49. The maximum Gasteiger partial charge on any atom is 0.222 e. The molecule has 0 aromatic heterocycles. The van der Waals surface area contributed by atoms with Gasteiger partial charge in [0.15, 0.2) is 6.29 Å². The van der Waals surface area contributed by atoms with Crippen LogP contribution in [0.25, 0.3) is 0 Å². The minimum absolute atomic E-state index is 0.200. The van der Waals surface area contributed by atoms with Crippen molar-refractivity contribution in [3.05, 3.63) is 0 Å². The van der Waals surface area contributed by atoms with E-state index in [9.17, 15) is 20.1 Å². The Hall–Kier alpha value is -0.730. The summed E-state index contributed by atoms with van der Waals surface area (Å²) in [4.78, 5) is 13.6. The molecule has 0 bridgehead atoms. The van der Waals surface area contributed by atoms with Gasteiger partial charge in [-0.3, -0.25) is 4.79 Å². The number of aliphatic hydroxyl groups is 4. The topological polar surface area (TPSA) is 110 Å². The summed E-state index contributed by atoms with van der Waals surface area (Å²) in [6.45, 7) is 1.69. The van der Waals surface area contributed by atoms with Gasteiger partial charge in [0.05, 0.1) is 6.61 Å². The normalized spacial score (nSPS) is 28.9. The Bertz CT molecular complexity index is 394. The standard InChI is InChI=1S/C19H37NO6/c1-3-4-5-6-7-8-9-10-11-12-15(22)20(2)16-18(24)17(23)14(13-21)26-19(16)25/h14,16-19,21,23-25H,3-13H2,1-2H3/t14-,16-,17-,18-,19?/m1/s1. The first-order valence-corrected chi connectivity index (χ1v) is 10.00. The van der Waals surface area contributed by atoms with Crippen LogP contribution >= 0.6 is 0 Å². The molecule has 0 saturated carbocycles. The second-order valence-corrected chi connectivity index (χ2v) is 7.30. The zero-order valence-electron chi connectivity index (χ0n) is 16.2. The average molecular weight is 376 g/mol. The van der Waals surface area contributed by atoms with Gasteiger partial charge in [-0.2, -0.15) is 0 Å². The van der Waals surface area contributed by atoms with Gasteiger partial charge < -0.3 is 30.1 Å². The number of rotatable bonds is 12. The highest BCUT2D eigenvalue weighted by molar-refractivity contribution is 5.76. The third-order valence-electron chi connectivity index (χ3n) is 5.20. The number of amides is 1. The molecule has 0 spiro atoms. The molecule has 7 heteroatoms. The molecular weight excluding hydrogens is 338 g/mol. The highest BCUT2D eigenvalue weighted by atomic mass is 16.6. The van der Waals surface area contributed by atoms with Crippen LogP contribution in [0, 0.1) is 0 Å². The van der Waals surface area contributed by atoms with E-state index in [0.29, 0.717) is 6.42 Å². The quantitative estimate of drug-likeness (QED) is 0.381. The minimum Gasteiger partial charge on any atom is -0.394 e. The summed E-state index contributed by atoms with van der Waals surface area (Å²) in [5, 5.41) is 39.2. The van der Waals surface area contributed by atoms with Crippen LogP contribution in [0.1, 0.15) is 71.1 Å². The van der Waals surface area contributed by atoms with Crippen molar-refractivity contribution in [2.75, 3.05) is 13.7 Å². The zero-order valence-corrected chi connectivity index (χ0v) is 16.2. The Morgan fingerprint density at radius 2 is 1.46 bits per heavy atom. The SMILES string of the molecule is CCCCCCCCCCCC(=O)N(C)[C@H]1C(O)O[C@H](CO)[C@@H](O)[C@@H]1O. The molecule has 1 aliphatic heterocycles. The number of carbonyl (C=O) groups is 1. The number of nitrogens with zero attached hydrogens (tertiary/aromatic N) is 1. The largest absolute Gasteiger partial charge is 0.394 e. The van der Waals surface area contributed by atoms with Crippen molar-refractivity contribution in [3.8, 4) is 0 Å². The Morgan fingerprint density at radius 1 is 0.923 bits per heavy atom. The van der Waals surface area contributed by atoms with Crippen LogP contribution < -0.4 is 0 Å². The van der Waals surface area contributed by atoms with E-state index in [1.54, 1.807) is 0 Å². The van der Waals surface area contributed by atoms with E-state index in [0.717, 1.165) is 19.3 Å². The molecule has 1 rings (SSSR count). The van der Waals surface area contributed by atoms with Crippen LogP contribution in [-0.4, -0.2) is 75.5 Å². The summed E-state index contributed by atoms with van der Waals surface area (Å²) in [5.74, 6) is -0.200. The first-order valence-electron chi connectivity index (χ1n) is 10.00. The molecule has 1 fully saturated rings. The number of unbranched alkanes of at least 4 members (excludes halogenated alkanes) is 8. The van der Waals surface area contributed by atoms with Crippen LogP contribution in [0.2, 0.25) is 0 Å². The first kappa shape index (κ1) is 23.3. The van der Waals surface area contributed by atoms with E-state index in [1.807, 2.05) is 0 Å².